The molecule has 0 aromatic carbocycles. The first-order valence-corrected chi connectivity index (χ1v) is 3.51. The van der Waals surface area contributed by atoms with Crippen molar-refractivity contribution in [2.24, 2.45) is 5.16 Å². The largest absolute Gasteiger partial charge is 0.396 e. The second-order valence-corrected chi connectivity index (χ2v) is 2.30. The SMILES string of the molecule is CC(C)=NOCCCCO. The van der Waals surface area contributed by atoms with Crippen LogP contribution in [0.15, 0.2) is 5.16 Å². The van der Waals surface area contributed by atoms with Crippen LogP contribution >= 0.6 is 0 Å². The minimum absolute atomic E-state index is 0.234. The van der Waals surface area contributed by atoms with E-state index in [9.17, 15) is 0 Å². The molecule has 0 unspecified atom stereocenters. The van der Waals surface area contributed by atoms with Gasteiger partial charge in [0.1, 0.15) is 6.61 Å². The molecule has 0 aromatic rings. The molecule has 60 valence electrons. The van der Waals surface area contributed by atoms with E-state index in [1.54, 1.807) is 0 Å². The van der Waals surface area contributed by atoms with Crippen LogP contribution in [-0.4, -0.2) is 24.0 Å². The van der Waals surface area contributed by atoms with Crippen molar-refractivity contribution in [1.29, 1.82) is 0 Å². The zero-order valence-electron chi connectivity index (χ0n) is 6.63. The summed E-state index contributed by atoms with van der Waals surface area (Å²) in [5.41, 5.74) is 0.920. The smallest absolute Gasteiger partial charge is 0.117 e. The highest BCUT2D eigenvalue weighted by atomic mass is 16.6. The van der Waals surface area contributed by atoms with Crippen molar-refractivity contribution < 1.29 is 9.94 Å². The van der Waals surface area contributed by atoms with E-state index in [1.807, 2.05) is 13.8 Å². The topological polar surface area (TPSA) is 41.8 Å². The Balaban J connectivity index is 2.98. The Morgan fingerprint density at radius 3 is 2.60 bits per heavy atom. The number of hydrogen-bond donors (Lipinski definition) is 1. The molecule has 0 saturated carbocycles. The van der Waals surface area contributed by atoms with Crippen molar-refractivity contribution >= 4 is 5.71 Å². The summed E-state index contributed by atoms with van der Waals surface area (Å²) in [6.45, 7) is 4.60. The minimum Gasteiger partial charge on any atom is -0.396 e. The van der Waals surface area contributed by atoms with Crippen LogP contribution in [0.5, 0.6) is 0 Å². The Kier molecular flexibility index (Phi) is 6.18. The molecule has 3 heteroatoms. The lowest BCUT2D eigenvalue weighted by Crippen LogP contribution is -1.92. The maximum atomic E-state index is 8.38. The van der Waals surface area contributed by atoms with E-state index in [1.165, 1.54) is 0 Å². The second kappa shape index (κ2) is 6.55. The first-order valence-electron chi connectivity index (χ1n) is 3.51. The molecule has 0 aromatic heterocycles. The van der Waals surface area contributed by atoms with E-state index in [2.05, 4.69) is 5.16 Å². The van der Waals surface area contributed by atoms with Gasteiger partial charge in [-0.1, -0.05) is 5.16 Å². The molecular formula is C7H15NO2. The average molecular weight is 145 g/mol. The van der Waals surface area contributed by atoms with E-state index < -0.39 is 0 Å². The molecular weight excluding hydrogens is 130 g/mol. The lowest BCUT2D eigenvalue weighted by atomic mass is 10.3. The minimum atomic E-state index is 0.234. The summed E-state index contributed by atoms with van der Waals surface area (Å²) < 4.78 is 0. The van der Waals surface area contributed by atoms with Crippen LogP contribution in [0.4, 0.5) is 0 Å². The van der Waals surface area contributed by atoms with Crippen molar-refractivity contribution in [2.45, 2.75) is 26.7 Å². The van der Waals surface area contributed by atoms with Gasteiger partial charge in [-0.05, 0) is 26.7 Å². The fourth-order valence-corrected chi connectivity index (χ4v) is 0.453. The number of hydrogen-bond acceptors (Lipinski definition) is 3. The molecule has 1 N–H and O–H groups in total. The van der Waals surface area contributed by atoms with Crippen LogP contribution in [0.2, 0.25) is 0 Å². The van der Waals surface area contributed by atoms with Gasteiger partial charge in [0, 0.05) is 6.61 Å². The monoisotopic (exact) mass is 145 g/mol. The van der Waals surface area contributed by atoms with E-state index in [0.29, 0.717) is 6.61 Å². The highest BCUT2D eigenvalue weighted by Crippen LogP contribution is 1.89. The van der Waals surface area contributed by atoms with Crippen LogP contribution in [0.25, 0.3) is 0 Å². The predicted molar refractivity (Wildman–Crippen MR) is 41.1 cm³/mol. The lowest BCUT2D eigenvalue weighted by molar-refractivity contribution is 0.134. The molecule has 0 amide bonds. The summed E-state index contributed by atoms with van der Waals surface area (Å²) in [6, 6.07) is 0. The van der Waals surface area contributed by atoms with Crippen molar-refractivity contribution in [3.63, 3.8) is 0 Å². The van der Waals surface area contributed by atoms with Gasteiger partial charge in [0.25, 0.3) is 0 Å². The van der Waals surface area contributed by atoms with Crippen LogP contribution < -0.4 is 0 Å². The maximum absolute atomic E-state index is 8.38. The highest BCUT2D eigenvalue weighted by Gasteiger charge is 1.85. The third kappa shape index (κ3) is 7.43. The number of aliphatic hydroxyl groups is 1. The van der Waals surface area contributed by atoms with Crippen LogP contribution in [-0.2, 0) is 4.84 Å². The van der Waals surface area contributed by atoms with Gasteiger partial charge in [-0.3, -0.25) is 0 Å². The van der Waals surface area contributed by atoms with E-state index in [4.69, 9.17) is 9.94 Å². The fraction of sp³-hybridized carbons (Fsp3) is 0.857. The average Bonchev–Trinajstić information content (AvgIpc) is 1.87. The Morgan fingerprint density at radius 2 is 2.10 bits per heavy atom. The van der Waals surface area contributed by atoms with Crippen molar-refractivity contribution in [3.8, 4) is 0 Å². The zero-order valence-corrected chi connectivity index (χ0v) is 6.63. The van der Waals surface area contributed by atoms with Gasteiger partial charge in [-0.2, -0.15) is 0 Å². The van der Waals surface area contributed by atoms with Gasteiger partial charge in [0.15, 0.2) is 0 Å². The number of rotatable bonds is 5. The van der Waals surface area contributed by atoms with E-state index >= 15 is 0 Å². The number of oxime groups is 1. The van der Waals surface area contributed by atoms with Crippen LogP contribution in [0.3, 0.4) is 0 Å². The fourth-order valence-electron chi connectivity index (χ4n) is 0.453. The zero-order chi connectivity index (χ0) is 7.82. The van der Waals surface area contributed by atoms with Crippen molar-refractivity contribution in [1.82, 2.24) is 0 Å². The molecule has 0 rings (SSSR count). The van der Waals surface area contributed by atoms with Gasteiger partial charge in [-0.15, -0.1) is 0 Å². The predicted octanol–water partition coefficient (Wildman–Crippen LogP) is 1.17. The van der Waals surface area contributed by atoms with Gasteiger partial charge < -0.3 is 9.94 Å². The first kappa shape index (κ1) is 9.43. The maximum Gasteiger partial charge on any atom is 0.117 e. The molecule has 0 aliphatic rings. The first-order chi connectivity index (χ1) is 4.77. The van der Waals surface area contributed by atoms with Gasteiger partial charge >= 0.3 is 0 Å². The Hall–Kier alpha value is -0.570. The van der Waals surface area contributed by atoms with Crippen molar-refractivity contribution in [2.75, 3.05) is 13.2 Å². The summed E-state index contributed by atoms with van der Waals surface area (Å²) >= 11 is 0. The summed E-state index contributed by atoms with van der Waals surface area (Å²) in [7, 11) is 0. The van der Waals surface area contributed by atoms with Gasteiger partial charge in [0.05, 0.1) is 5.71 Å². The number of nitrogens with zero attached hydrogens (tertiary/aromatic N) is 1. The summed E-state index contributed by atoms with van der Waals surface area (Å²) in [6.07, 6.45) is 1.66. The Labute approximate surface area is 61.7 Å². The molecule has 0 aliphatic carbocycles. The molecule has 0 aliphatic heterocycles. The molecule has 0 fully saturated rings. The Morgan fingerprint density at radius 1 is 1.40 bits per heavy atom. The van der Waals surface area contributed by atoms with Gasteiger partial charge in [0.2, 0.25) is 0 Å². The lowest BCUT2D eigenvalue weighted by Gasteiger charge is -1.97. The van der Waals surface area contributed by atoms with E-state index in [0.717, 1.165) is 18.6 Å². The molecule has 0 radical (unpaired) electrons. The standard InChI is InChI=1S/C7H15NO2/c1-7(2)8-10-6-4-3-5-9/h9H,3-6H2,1-2H3. The molecule has 0 atom stereocenters. The quantitative estimate of drug-likeness (QED) is 0.358. The molecule has 3 nitrogen and oxygen atoms in total. The third-order valence-electron chi connectivity index (χ3n) is 0.891. The molecule has 10 heavy (non-hydrogen) atoms. The summed E-state index contributed by atoms with van der Waals surface area (Å²) in [5, 5.41) is 12.1. The Bertz CT molecular complexity index is 97.8. The number of unbranched alkanes of at least 4 members (excludes halogenated alkanes) is 1. The van der Waals surface area contributed by atoms with Gasteiger partial charge in [-0.25, -0.2) is 0 Å². The third-order valence-corrected chi connectivity index (χ3v) is 0.891. The molecule has 0 saturated heterocycles. The summed E-state index contributed by atoms with van der Waals surface area (Å²) in [4.78, 5) is 4.87. The second-order valence-electron chi connectivity index (χ2n) is 2.30. The number of aliphatic hydroxyl groups excluding tert-OH is 1. The molecule has 0 bridgehead atoms. The molecule has 0 heterocycles. The van der Waals surface area contributed by atoms with Crippen LogP contribution in [0, 0.1) is 0 Å². The van der Waals surface area contributed by atoms with E-state index in [-0.39, 0.29) is 6.61 Å². The van der Waals surface area contributed by atoms with Crippen molar-refractivity contribution in [3.05, 3.63) is 0 Å². The summed E-state index contributed by atoms with van der Waals surface area (Å²) in [5.74, 6) is 0. The van der Waals surface area contributed by atoms with Crippen LogP contribution in [0.1, 0.15) is 26.7 Å². The molecule has 0 spiro atoms. The highest BCUT2D eigenvalue weighted by molar-refractivity contribution is 5.78. The normalized spacial score (nSPS) is 9.10.